The predicted molar refractivity (Wildman–Crippen MR) is 187 cm³/mol. The van der Waals surface area contributed by atoms with Crippen molar-refractivity contribution in [3.05, 3.63) is 129 Å². The molecule has 0 unspecified atom stereocenters. The summed E-state index contributed by atoms with van der Waals surface area (Å²) in [6.07, 6.45) is -7.44. The van der Waals surface area contributed by atoms with E-state index in [4.69, 9.17) is 14.2 Å². The first-order valence-electron chi connectivity index (χ1n) is 17.0. The van der Waals surface area contributed by atoms with E-state index >= 15 is 0 Å². The molecule has 5 rings (SSSR count). The van der Waals surface area contributed by atoms with Gasteiger partial charge in [-0.3, -0.25) is 18.7 Å². The molecule has 12 nitrogen and oxygen atoms in total. The van der Waals surface area contributed by atoms with Gasteiger partial charge in [-0.25, -0.2) is 4.79 Å². The Morgan fingerprint density at radius 1 is 0.830 bits per heavy atom. The zero-order chi connectivity index (χ0) is 38.4. The van der Waals surface area contributed by atoms with Gasteiger partial charge in [-0.2, -0.15) is 13.2 Å². The summed E-state index contributed by atoms with van der Waals surface area (Å²) in [5, 5.41) is 36.1. The van der Waals surface area contributed by atoms with Crippen molar-refractivity contribution in [3.8, 4) is 11.5 Å². The van der Waals surface area contributed by atoms with Crippen molar-refractivity contribution in [2.45, 2.75) is 67.9 Å². The number of carbonyl (C=O) groups is 1. The third-order valence-electron chi connectivity index (χ3n) is 9.69. The Balaban J connectivity index is 1.69. The van der Waals surface area contributed by atoms with Gasteiger partial charge in [-0.15, -0.1) is 0 Å². The molecule has 0 bridgehead atoms. The average Bonchev–Trinajstić information content (AvgIpc) is 3.42. The Morgan fingerprint density at radius 3 is 1.89 bits per heavy atom. The van der Waals surface area contributed by atoms with Crippen LogP contribution in [0, 0.1) is 0 Å². The van der Waals surface area contributed by atoms with E-state index in [1.54, 1.807) is 78.9 Å². The number of amides is 1. The average molecular weight is 742 g/mol. The monoisotopic (exact) mass is 741 g/mol. The second-order valence-electron chi connectivity index (χ2n) is 12.7. The molecule has 1 fully saturated rings. The van der Waals surface area contributed by atoms with Gasteiger partial charge >= 0.3 is 17.8 Å². The Kier molecular flexibility index (Phi) is 12.1. The van der Waals surface area contributed by atoms with Crippen molar-refractivity contribution in [1.29, 1.82) is 0 Å². The normalized spacial score (nSPS) is 20.3. The molecular weight excluding hydrogens is 699 g/mol. The number of halogens is 3. The highest BCUT2D eigenvalue weighted by Gasteiger charge is 2.68. The highest BCUT2D eigenvalue weighted by atomic mass is 19.4. The number of unbranched alkanes of at least 4 members (excludes halogenated alkanes) is 3. The largest absolute Gasteiger partial charge is 0.497 e. The molecule has 0 saturated carbocycles. The van der Waals surface area contributed by atoms with Crippen LogP contribution >= 0.6 is 0 Å². The summed E-state index contributed by atoms with van der Waals surface area (Å²) in [5.41, 5.74) is -4.02. The van der Waals surface area contributed by atoms with Crippen LogP contribution in [0.3, 0.4) is 0 Å². The van der Waals surface area contributed by atoms with Crippen LogP contribution in [0.2, 0.25) is 0 Å². The molecule has 1 aromatic heterocycles. The van der Waals surface area contributed by atoms with Gasteiger partial charge in [0.05, 0.1) is 26.2 Å². The topological polar surface area (TPSA) is 161 Å². The zero-order valence-electron chi connectivity index (χ0n) is 29.2. The van der Waals surface area contributed by atoms with Crippen molar-refractivity contribution >= 4 is 5.91 Å². The number of aromatic nitrogens is 2. The molecule has 3 aromatic carbocycles. The van der Waals surface area contributed by atoms with Gasteiger partial charge in [0.2, 0.25) is 0 Å². The summed E-state index contributed by atoms with van der Waals surface area (Å²) >= 11 is 0. The molecule has 1 amide bonds. The number of carbonyl (C=O) groups excluding carboxylic acids is 1. The lowest BCUT2D eigenvalue weighted by Gasteiger charge is -2.51. The minimum Gasteiger partial charge on any atom is -0.497 e. The van der Waals surface area contributed by atoms with E-state index in [1.165, 1.54) is 20.4 Å². The first-order valence-corrected chi connectivity index (χ1v) is 17.0. The summed E-state index contributed by atoms with van der Waals surface area (Å²) in [6, 6.07) is 23.8. The van der Waals surface area contributed by atoms with E-state index in [0.29, 0.717) is 41.0 Å². The lowest BCUT2D eigenvalue weighted by Crippen LogP contribution is -2.65. The second-order valence-corrected chi connectivity index (χ2v) is 12.7. The number of alkyl halides is 3. The molecule has 1 aliphatic rings. The number of hydrogen-bond acceptors (Lipinski definition) is 9. The minimum atomic E-state index is -4.98. The highest BCUT2D eigenvalue weighted by molar-refractivity contribution is 5.81. The third kappa shape index (κ3) is 7.34. The molecule has 0 radical (unpaired) electrons. The Morgan fingerprint density at radius 2 is 1.38 bits per heavy atom. The molecule has 0 aliphatic carbocycles. The molecule has 4 atom stereocenters. The van der Waals surface area contributed by atoms with E-state index in [2.05, 4.69) is 0 Å². The van der Waals surface area contributed by atoms with E-state index in [0.717, 1.165) is 15.2 Å². The van der Waals surface area contributed by atoms with E-state index < -0.39 is 59.4 Å². The Labute approximate surface area is 303 Å². The van der Waals surface area contributed by atoms with Crippen LogP contribution < -0.4 is 26.0 Å². The third-order valence-corrected chi connectivity index (χ3v) is 9.69. The fourth-order valence-corrected chi connectivity index (χ4v) is 7.16. The molecular formula is C38H42F3N3O9. The van der Waals surface area contributed by atoms with Crippen LogP contribution in [0.1, 0.15) is 42.4 Å². The van der Waals surface area contributed by atoms with E-state index in [1.807, 2.05) is 5.32 Å². The first kappa shape index (κ1) is 39.3. The first-order chi connectivity index (χ1) is 25.4. The maximum Gasteiger partial charge on any atom is 0.471 e. The van der Waals surface area contributed by atoms with Crippen molar-refractivity contribution in [2.75, 3.05) is 27.4 Å². The summed E-state index contributed by atoms with van der Waals surface area (Å²) in [5.74, 6) is -1.01. The SMILES string of the molecule is COc1ccc(C(c2ccccc2)(c2ccc(OC)cc2)[C@@]2(n3ccc(=O)n(CCCCCCNC(=O)C(F)(F)F)c3=O)O[C@H](CO)[C@@H](O)[C@H]2O)cc1. The Bertz CT molecular complexity index is 1900. The number of methoxy groups -OCH3 is 2. The molecule has 1 saturated heterocycles. The van der Waals surface area contributed by atoms with Crippen molar-refractivity contribution < 1.29 is 47.5 Å². The number of nitrogens with one attached hydrogen (secondary N) is 1. The van der Waals surface area contributed by atoms with Gasteiger partial charge in [0.25, 0.3) is 5.56 Å². The fraction of sp³-hybridized carbons (Fsp3) is 0.395. The molecule has 2 heterocycles. The van der Waals surface area contributed by atoms with Crippen LogP contribution in [0.25, 0.3) is 0 Å². The lowest BCUT2D eigenvalue weighted by atomic mass is 9.60. The maximum absolute atomic E-state index is 14.7. The summed E-state index contributed by atoms with van der Waals surface area (Å²) < 4.78 is 57.1. The second kappa shape index (κ2) is 16.4. The zero-order valence-corrected chi connectivity index (χ0v) is 29.2. The smallest absolute Gasteiger partial charge is 0.471 e. The molecule has 15 heteroatoms. The highest BCUT2D eigenvalue weighted by Crippen LogP contribution is 2.57. The fourth-order valence-electron chi connectivity index (χ4n) is 7.16. The van der Waals surface area contributed by atoms with Crippen LogP contribution in [-0.2, 0) is 27.2 Å². The lowest BCUT2D eigenvalue weighted by molar-refractivity contribution is -0.180. The molecule has 0 spiro atoms. The molecule has 4 N–H and O–H groups in total. The number of ether oxygens (including phenoxy) is 3. The number of aliphatic hydroxyl groups excluding tert-OH is 3. The molecule has 4 aromatic rings. The van der Waals surface area contributed by atoms with Crippen LogP contribution in [0.4, 0.5) is 13.2 Å². The number of nitrogens with zero attached hydrogens (tertiary/aromatic N) is 2. The number of hydrogen-bond donors (Lipinski definition) is 4. The molecule has 1 aliphatic heterocycles. The van der Waals surface area contributed by atoms with Gasteiger partial charge in [-0.05, 0) is 53.8 Å². The number of benzene rings is 3. The van der Waals surface area contributed by atoms with Gasteiger partial charge in [0.1, 0.15) is 29.8 Å². The van der Waals surface area contributed by atoms with E-state index in [-0.39, 0.29) is 25.9 Å². The van der Waals surface area contributed by atoms with Gasteiger partial charge in [-0.1, -0.05) is 67.4 Å². The van der Waals surface area contributed by atoms with Crippen molar-refractivity contribution in [1.82, 2.24) is 14.5 Å². The summed E-state index contributed by atoms with van der Waals surface area (Å²) in [6.45, 7) is -1.02. The van der Waals surface area contributed by atoms with Gasteiger partial charge in [0.15, 0.2) is 5.72 Å². The molecule has 284 valence electrons. The Hall–Kier alpha value is -4.96. The van der Waals surface area contributed by atoms with Gasteiger partial charge < -0.3 is 34.8 Å². The summed E-state index contributed by atoms with van der Waals surface area (Å²) in [7, 11) is 3.01. The van der Waals surface area contributed by atoms with E-state index in [9.17, 15) is 42.9 Å². The molecule has 53 heavy (non-hydrogen) atoms. The number of rotatable bonds is 15. The maximum atomic E-state index is 14.7. The van der Waals surface area contributed by atoms with Crippen LogP contribution in [0.5, 0.6) is 11.5 Å². The minimum absolute atomic E-state index is 0.102. The quantitative estimate of drug-likeness (QED) is 0.106. The standard InChI is InChI=1S/C38H42F3N3O9/c1-51-28-16-12-26(13-17-28)36(25-10-6-5-7-11-25,27-14-18-29(52-2)19-15-27)37(33(48)32(47)30(24-45)53-37)44-23-20-31(46)43(35(44)50)22-9-4-3-8-21-42-34(49)38(39,40)41/h5-7,10-20,23,30,32-33,45,47-48H,3-4,8-9,21-22,24H2,1-2H3,(H,42,49)/t30-,32-,33-,37+/m1/s1. The summed E-state index contributed by atoms with van der Waals surface area (Å²) in [4.78, 5) is 39.1. The van der Waals surface area contributed by atoms with Crippen LogP contribution in [0.15, 0.2) is 101 Å². The van der Waals surface area contributed by atoms with Crippen molar-refractivity contribution in [2.24, 2.45) is 0 Å². The van der Waals surface area contributed by atoms with Gasteiger partial charge in [0, 0.05) is 25.4 Å². The van der Waals surface area contributed by atoms with Crippen molar-refractivity contribution in [3.63, 3.8) is 0 Å². The van der Waals surface area contributed by atoms with Crippen LogP contribution in [-0.4, -0.2) is 82.2 Å². The number of aliphatic hydroxyl groups is 3. The predicted octanol–water partition coefficient (Wildman–Crippen LogP) is 3.07.